The second-order valence-electron chi connectivity index (χ2n) is 4.65. The molecule has 114 valence electrons. The van der Waals surface area contributed by atoms with E-state index in [4.69, 9.17) is 0 Å². The topological polar surface area (TPSA) is 104 Å². The van der Waals surface area contributed by atoms with Crippen molar-refractivity contribution in [2.45, 2.75) is 6.54 Å². The Kier molecular flexibility index (Phi) is 3.37. The van der Waals surface area contributed by atoms with Gasteiger partial charge >= 0.3 is 5.69 Å². The van der Waals surface area contributed by atoms with Crippen molar-refractivity contribution in [3.8, 4) is 0 Å². The van der Waals surface area contributed by atoms with Crippen molar-refractivity contribution < 1.29 is 4.79 Å². The molecule has 0 atom stereocenters. The minimum Gasteiger partial charge on any atom is -0.328 e. The fourth-order valence-corrected chi connectivity index (χ4v) is 2.67. The van der Waals surface area contributed by atoms with Crippen LogP contribution in [0.2, 0.25) is 0 Å². The number of amides is 1. The van der Waals surface area contributed by atoms with Gasteiger partial charge in [0.25, 0.3) is 5.56 Å². The van der Waals surface area contributed by atoms with Crippen LogP contribution >= 0.6 is 11.3 Å². The van der Waals surface area contributed by atoms with Gasteiger partial charge in [0.2, 0.25) is 5.91 Å². The minimum absolute atomic E-state index is 0.268. The highest BCUT2D eigenvalue weighted by molar-refractivity contribution is 7.13. The monoisotopic (exact) mass is 320 g/mol. The molecule has 0 saturated heterocycles. The summed E-state index contributed by atoms with van der Waals surface area (Å²) in [6, 6.07) is 0. The van der Waals surface area contributed by atoms with Crippen molar-refractivity contribution in [3.63, 3.8) is 0 Å². The van der Waals surface area contributed by atoms with E-state index in [9.17, 15) is 14.4 Å². The Morgan fingerprint density at radius 3 is 2.77 bits per heavy atom. The molecule has 1 N–H and O–H groups in total. The van der Waals surface area contributed by atoms with E-state index in [1.807, 2.05) is 0 Å². The van der Waals surface area contributed by atoms with Crippen molar-refractivity contribution in [3.05, 3.63) is 38.7 Å². The first-order valence-corrected chi connectivity index (χ1v) is 7.17. The summed E-state index contributed by atoms with van der Waals surface area (Å²) in [4.78, 5) is 44.6. The van der Waals surface area contributed by atoms with Crippen LogP contribution in [0.1, 0.15) is 0 Å². The van der Waals surface area contributed by atoms with Crippen molar-refractivity contribution in [1.82, 2.24) is 23.7 Å². The average molecular weight is 320 g/mol. The van der Waals surface area contributed by atoms with Crippen LogP contribution in [0.3, 0.4) is 0 Å². The summed E-state index contributed by atoms with van der Waals surface area (Å²) in [7, 11) is 3.16. The number of aromatic nitrogens is 5. The quantitative estimate of drug-likeness (QED) is 0.702. The molecule has 0 bridgehead atoms. The third kappa shape index (κ3) is 2.22. The SMILES string of the molecule is Cn1cnc2c1c(=O)n(CC(=O)Nc1nccs1)c(=O)n2C. The molecule has 1 amide bonds. The molecule has 3 heterocycles. The number of nitrogens with zero attached hydrogens (tertiary/aromatic N) is 5. The van der Waals surface area contributed by atoms with Gasteiger partial charge in [0.05, 0.1) is 6.33 Å². The van der Waals surface area contributed by atoms with Gasteiger partial charge in [-0.15, -0.1) is 11.3 Å². The second kappa shape index (κ2) is 5.22. The van der Waals surface area contributed by atoms with Crippen molar-refractivity contribution in [2.75, 3.05) is 5.32 Å². The van der Waals surface area contributed by atoms with Crippen LogP contribution in [0.5, 0.6) is 0 Å². The molecule has 22 heavy (non-hydrogen) atoms. The van der Waals surface area contributed by atoms with Gasteiger partial charge < -0.3 is 9.88 Å². The van der Waals surface area contributed by atoms with Gasteiger partial charge in [-0.3, -0.25) is 14.2 Å². The van der Waals surface area contributed by atoms with Gasteiger partial charge in [-0.2, -0.15) is 0 Å². The van der Waals surface area contributed by atoms with E-state index >= 15 is 0 Å². The van der Waals surface area contributed by atoms with Gasteiger partial charge in [-0.25, -0.2) is 19.3 Å². The summed E-state index contributed by atoms with van der Waals surface area (Å²) in [5.41, 5.74) is -0.587. The molecule has 3 rings (SSSR count). The van der Waals surface area contributed by atoms with Crippen LogP contribution < -0.4 is 16.6 Å². The first-order valence-electron chi connectivity index (χ1n) is 6.29. The van der Waals surface area contributed by atoms with Crippen molar-refractivity contribution in [1.29, 1.82) is 0 Å². The van der Waals surface area contributed by atoms with Gasteiger partial charge in [-0.05, 0) is 0 Å². The van der Waals surface area contributed by atoms with Crippen molar-refractivity contribution in [2.24, 2.45) is 14.1 Å². The van der Waals surface area contributed by atoms with Crippen molar-refractivity contribution >= 4 is 33.5 Å². The van der Waals surface area contributed by atoms with Crippen LogP contribution in [0.25, 0.3) is 11.2 Å². The zero-order valence-corrected chi connectivity index (χ0v) is 12.6. The first kappa shape index (κ1) is 14.2. The predicted octanol–water partition coefficient (Wildman–Crippen LogP) is -0.471. The highest BCUT2D eigenvalue weighted by atomic mass is 32.1. The molecule has 0 aromatic carbocycles. The molecular formula is C12H12N6O3S. The summed E-state index contributed by atoms with van der Waals surface area (Å²) in [6.07, 6.45) is 3.00. The highest BCUT2D eigenvalue weighted by Gasteiger charge is 2.17. The zero-order valence-electron chi connectivity index (χ0n) is 11.8. The highest BCUT2D eigenvalue weighted by Crippen LogP contribution is 2.10. The van der Waals surface area contributed by atoms with E-state index in [0.29, 0.717) is 5.13 Å². The van der Waals surface area contributed by atoms with E-state index in [1.54, 1.807) is 18.6 Å². The van der Waals surface area contributed by atoms with E-state index in [-0.39, 0.29) is 17.7 Å². The molecular weight excluding hydrogens is 308 g/mol. The van der Waals surface area contributed by atoms with Gasteiger partial charge in [0, 0.05) is 25.7 Å². The van der Waals surface area contributed by atoms with Crippen LogP contribution in [0, 0.1) is 0 Å². The van der Waals surface area contributed by atoms with Crippen LogP contribution in [-0.4, -0.2) is 29.6 Å². The summed E-state index contributed by atoms with van der Waals surface area (Å²) in [6.45, 7) is -0.383. The molecule has 3 aromatic heterocycles. The largest absolute Gasteiger partial charge is 0.332 e. The standard InChI is InChI=1S/C12H12N6O3S/c1-16-6-14-9-8(16)10(20)18(12(21)17(9)2)5-7(19)15-11-13-3-4-22-11/h3-4,6H,5H2,1-2H3,(H,13,15,19). The summed E-state index contributed by atoms with van der Waals surface area (Å²) >= 11 is 1.25. The maximum absolute atomic E-state index is 12.4. The molecule has 3 aromatic rings. The number of nitrogens with one attached hydrogen (secondary N) is 1. The molecule has 0 radical (unpaired) electrons. The molecule has 10 heteroatoms. The molecule has 0 unspecified atom stereocenters. The Balaban J connectivity index is 2.04. The molecule has 0 aliphatic carbocycles. The lowest BCUT2D eigenvalue weighted by Crippen LogP contribution is -2.42. The molecule has 0 aliphatic rings. The number of rotatable bonds is 3. The first-order chi connectivity index (χ1) is 10.5. The maximum atomic E-state index is 12.4. The zero-order chi connectivity index (χ0) is 15.9. The Morgan fingerprint density at radius 2 is 2.09 bits per heavy atom. The Bertz CT molecular complexity index is 965. The van der Waals surface area contributed by atoms with E-state index < -0.39 is 17.2 Å². The lowest BCUT2D eigenvalue weighted by atomic mass is 10.4. The Labute approximate surface area is 127 Å². The lowest BCUT2D eigenvalue weighted by molar-refractivity contribution is -0.116. The number of fused-ring (bicyclic) bond motifs is 1. The molecule has 9 nitrogen and oxygen atoms in total. The molecule has 0 spiro atoms. The Morgan fingerprint density at radius 1 is 1.32 bits per heavy atom. The lowest BCUT2D eigenvalue weighted by Gasteiger charge is -2.08. The van der Waals surface area contributed by atoms with E-state index in [2.05, 4.69) is 15.3 Å². The van der Waals surface area contributed by atoms with E-state index in [0.717, 1.165) is 4.57 Å². The molecule has 0 fully saturated rings. The summed E-state index contributed by atoms with van der Waals surface area (Å²) < 4.78 is 3.65. The van der Waals surface area contributed by atoms with Crippen LogP contribution in [0.15, 0.2) is 27.5 Å². The fourth-order valence-electron chi connectivity index (χ4n) is 2.12. The molecule has 0 aliphatic heterocycles. The number of aryl methyl sites for hydroxylation is 2. The molecule has 0 saturated carbocycles. The van der Waals surface area contributed by atoms with Crippen LogP contribution in [-0.2, 0) is 25.4 Å². The third-order valence-corrected chi connectivity index (χ3v) is 3.87. The number of thiazole rings is 1. The number of hydrogen-bond donors (Lipinski definition) is 1. The van der Waals surface area contributed by atoms with Gasteiger partial charge in [-0.1, -0.05) is 0 Å². The predicted molar refractivity (Wildman–Crippen MR) is 81.0 cm³/mol. The number of imidazole rings is 1. The average Bonchev–Trinajstić information content (AvgIpc) is 3.11. The third-order valence-electron chi connectivity index (χ3n) is 3.18. The van der Waals surface area contributed by atoms with E-state index in [1.165, 1.54) is 33.8 Å². The number of anilines is 1. The van der Waals surface area contributed by atoms with Crippen LogP contribution in [0.4, 0.5) is 5.13 Å². The minimum atomic E-state index is -0.592. The Hall–Kier alpha value is -2.75. The maximum Gasteiger partial charge on any atom is 0.332 e. The number of carbonyl (C=O) groups is 1. The second-order valence-corrected chi connectivity index (χ2v) is 5.54. The van der Waals surface area contributed by atoms with Gasteiger partial charge in [0.15, 0.2) is 16.3 Å². The summed E-state index contributed by atoms with van der Waals surface area (Å²) in [5.74, 6) is -0.490. The fraction of sp³-hybridized carbons (Fsp3) is 0.250. The smallest absolute Gasteiger partial charge is 0.328 e. The normalized spacial score (nSPS) is 11.0. The van der Waals surface area contributed by atoms with Gasteiger partial charge in [0.1, 0.15) is 6.54 Å². The summed E-state index contributed by atoms with van der Waals surface area (Å²) in [5, 5.41) is 4.66. The number of carbonyl (C=O) groups excluding carboxylic acids is 1. The number of hydrogen-bond acceptors (Lipinski definition) is 6.